The second-order valence-corrected chi connectivity index (χ2v) is 2.87. The summed E-state index contributed by atoms with van der Waals surface area (Å²) in [6.07, 6.45) is -2.14. The van der Waals surface area contributed by atoms with Gasteiger partial charge in [0, 0.05) is 0 Å². The van der Waals surface area contributed by atoms with Crippen molar-refractivity contribution in [3.63, 3.8) is 0 Å². The van der Waals surface area contributed by atoms with E-state index in [1.165, 1.54) is 6.92 Å². The van der Waals surface area contributed by atoms with Crippen LogP contribution in [0.2, 0.25) is 0 Å². The van der Waals surface area contributed by atoms with E-state index in [9.17, 15) is 13.2 Å². The third-order valence-corrected chi connectivity index (χ3v) is 1.85. The quantitative estimate of drug-likeness (QED) is 0.804. The predicted octanol–water partition coefficient (Wildman–Crippen LogP) is 2.11. The molecule has 1 rings (SSSR count). The third kappa shape index (κ3) is 2.34. The van der Waals surface area contributed by atoms with Crippen molar-refractivity contribution in [3.8, 4) is 0 Å². The number of anilines is 1. The Labute approximate surface area is 79.2 Å². The highest BCUT2D eigenvalue weighted by molar-refractivity contribution is 5.24. The zero-order chi connectivity index (χ0) is 10.8. The number of nitrogens with zero attached hydrogens (tertiary/aromatic N) is 2. The molecule has 0 radical (unpaired) electrons. The van der Waals surface area contributed by atoms with Gasteiger partial charge in [0.2, 0.25) is 0 Å². The SMILES string of the molecule is CCC(c1cnc(N)cn1)C(F)(F)F. The lowest BCUT2D eigenvalue weighted by Crippen LogP contribution is -2.21. The summed E-state index contributed by atoms with van der Waals surface area (Å²) < 4.78 is 37.2. The fraction of sp³-hybridized carbons (Fsp3) is 0.500. The highest BCUT2D eigenvalue weighted by Crippen LogP contribution is 2.35. The van der Waals surface area contributed by atoms with Crippen LogP contribution in [0.4, 0.5) is 19.0 Å². The Kier molecular flexibility index (Phi) is 2.93. The molecule has 0 aliphatic heterocycles. The van der Waals surface area contributed by atoms with Gasteiger partial charge in [-0.1, -0.05) is 6.92 Å². The minimum Gasteiger partial charge on any atom is -0.382 e. The number of alkyl halides is 3. The molecule has 0 amide bonds. The molecular weight excluding hydrogens is 195 g/mol. The average molecular weight is 205 g/mol. The molecule has 0 aromatic carbocycles. The summed E-state index contributed by atoms with van der Waals surface area (Å²) >= 11 is 0. The molecule has 78 valence electrons. The maximum Gasteiger partial charge on any atom is 0.397 e. The van der Waals surface area contributed by atoms with Gasteiger partial charge in [-0.25, -0.2) is 4.98 Å². The highest BCUT2D eigenvalue weighted by Gasteiger charge is 2.40. The average Bonchev–Trinajstić information content (AvgIpc) is 2.07. The molecule has 0 fully saturated rings. The molecule has 2 N–H and O–H groups in total. The molecule has 6 heteroatoms. The molecule has 1 aromatic rings. The molecule has 1 aromatic heterocycles. The first kappa shape index (κ1) is 10.7. The smallest absolute Gasteiger partial charge is 0.382 e. The van der Waals surface area contributed by atoms with Gasteiger partial charge in [-0.2, -0.15) is 13.2 Å². The number of rotatable bonds is 2. The molecule has 0 bridgehead atoms. The lowest BCUT2D eigenvalue weighted by atomic mass is 10.0. The number of nitrogen functional groups attached to an aromatic ring is 1. The minimum absolute atomic E-state index is 0.0535. The molecule has 0 aliphatic rings. The lowest BCUT2D eigenvalue weighted by molar-refractivity contribution is -0.151. The fourth-order valence-electron chi connectivity index (χ4n) is 1.14. The Morgan fingerprint density at radius 3 is 2.36 bits per heavy atom. The highest BCUT2D eigenvalue weighted by atomic mass is 19.4. The predicted molar refractivity (Wildman–Crippen MR) is 45.5 cm³/mol. The van der Waals surface area contributed by atoms with E-state index in [0.29, 0.717) is 0 Å². The number of aromatic nitrogens is 2. The van der Waals surface area contributed by atoms with Crippen LogP contribution in [0, 0.1) is 0 Å². The molecule has 3 nitrogen and oxygen atoms in total. The van der Waals surface area contributed by atoms with Gasteiger partial charge >= 0.3 is 6.18 Å². The molecule has 1 atom stereocenters. The summed E-state index contributed by atoms with van der Waals surface area (Å²) in [6.45, 7) is 1.45. The van der Waals surface area contributed by atoms with E-state index in [-0.39, 0.29) is 17.9 Å². The second kappa shape index (κ2) is 3.81. The topological polar surface area (TPSA) is 51.8 Å². The standard InChI is InChI=1S/C8H10F3N3/c1-2-5(8(9,10)11)6-3-14-7(12)4-13-6/h3-5H,2H2,1H3,(H2,12,14). The zero-order valence-corrected chi connectivity index (χ0v) is 7.54. The number of halogens is 3. The summed E-state index contributed by atoms with van der Waals surface area (Å²) in [5, 5.41) is 0. The Bertz CT molecular complexity index is 294. The molecule has 14 heavy (non-hydrogen) atoms. The van der Waals surface area contributed by atoms with Crippen molar-refractivity contribution in [2.75, 3.05) is 5.73 Å². The second-order valence-electron chi connectivity index (χ2n) is 2.87. The summed E-state index contributed by atoms with van der Waals surface area (Å²) in [6, 6.07) is 0. The first-order valence-corrected chi connectivity index (χ1v) is 4.09. The van der Waals surface area contributed by atoms with E-state index in [2.05, 4.69) is 9.97 Å². The van der Waals surface area contributed by atoms with Crippen LogP contribution in [0.3, 0.4) is 0 Å². The van der Waals surface area contributed by atoms with Gasteiger partial charge in [0.05, 0.1) is 24.0 Å². The Morgan fingerprint density at radius 1 is 1.36 bits per heavy atom. The van der Waals surface area contributed by atoms with E-state index in [1.807, 2.05) is 0 Å². The number of nitrogens with two attached hydrogens (primary N) is 1. The summed E-state index contributed by atoms with van der Waals surface area (Å²) in [5.74, 6) is -1.44. The van der Waals surface area contributed by atoms with Gasteiger partial charge < -0.3 is 5.73 Å². The monoisotopic (exact) mass is 205 g/mol. The molecule has 0 saturated carbocycles. The van der Waals surface area contributed by atoms with E-state index in [0.717, 1.165) is 12.4 Å². The molecular formula is C8H10F3N3. The molecule has 0 saturated heterocycles. The maximum atomic E-state index is 12.4. The van der Waals surface area contributed by atoms with Gasteiger partial charge in [0.1, 0.15) is 5.82 Å². The van der Waals surface area contributed by atoms with Crippen molar-refractivity contribution < 1.29 is 13.2 Å². The largest absolute Gasteiger partial charge is 0.397 e. The van der Waals surface area contributed by atoms with Gasteiger partial charge in [0.25, 0.3) is 0 Å². The van der Waals surface area contributed by atoms with E-state index in [1.54, 1.807) is 0 Å². The van der Waals surface area contributed by atoms with Crippen molar-refractivity contribution in [1.82, 2.24) is 9.97 Å². The summed E-state index contributed by atoms with van der Waals surface area (Å²) in [7, 11) is 0. The van der Waals surface area contributed by atoms with E-state index in [4.69, 9.17) is 5.73 Å². The minimum atomic E-state index is -4.28. The van der Waals surface area contributed by atoms with Crippen LogP contribution in [0.1, 0.15) is 25.0 Å². The Morgan fingerprint density at radius 2 is 2.00 bits per heavy atom. The first-order valence-electron chi connectivity index (χ1n) is 4.09. The van der Waals surface area contributed by atoms with Crippen molar-refractivity contribution in [2.45, 2.75) is 25.4 Å². The fourth-order valence-corrected chi connectivity index (χ4v) is 1.14. The first-order chi connectivity index (χ1) is 6.45. The molecule has 0 aliphatic carbocycles. The van der Waals surface area contributed by atoms with Crippen molar-refractivity contribution in [1.29, 1.82) is 0 Å². The van der Waals surface area contributed by atoms with Crippen molar-refractivity contribution in [2.24, 2.45) is 0 Å². The number of hydrogen-bond donors (Lipinski definition) is 1. The van der Waals surface area contributed by atoms with Crippen LogP contribution < -0.4 is 5.73 Å². The van der Waals surface area contributed by atoms with Crippen LogP contribution in [0.5, 0.6) is 0 Å². The normalized spacial score (nSPS) is 14.0. The van der Waals surface area contributed by atoms with Gasteiger partial charge in [0.15, 0.2) is 0 Å². The van der Waals surface area contributed by atoms with Gasteiger partial charge in [-0.15, -0.1) is 0 Å². The van der Waals surface area contributed by atoms with Gasteiger partial charge in [-0.3, -0.25) is 4.98 Å². The lowest BCUT2D eigenvalue weighted by Gasteiger charge is -2.17. The summed E-state index contributed by atoms with van der Waals surface area (Å²) in [4.78, 5) is 7.19. The summed E-state index contributed by atoms with van der Waals surface area (Å²) in [5.41, 5.74) is 5.13. The van der Waals surface area contributed by atoms with E-state index < -0.39 is 12.1 Å². The van der Waals surface area contributed by atoms with Crippen LogP contribution in [0.25, 0.3) is 0 Å². The number of hydrogen-bond acceptors (Lipinski definition) is 3. The van der Waals surface area contributed by atoms with Crippen LogP contribution in [-0.4, -0.2) is 16.1 Å². The maximum absolute atomic E-state index is 12.4. The Balaban J connectivity index is 2.96. The van der Waals surface area contributed by atoms with E-state index >= 15 is 0 Å². The molecule has 1 heterocycles. The van der Waals surface area contributed by atoms with Gasteiger partial charge in [-0.05, 0) is 6.42 Å². The Hall–Kier alpha value is -1.33. The molecule has 1 unspecified atom stereocenters. The van der Waals surface area contributed by atoms with Crippen molar-refractivity contribution >= 4 is 5.82 Å². The van der Waals surface area contributed by atoms with Crippen LogP contribution in [0.15, 0.2) is 12.4 Å². The van der Waals surface area contributed by atoms with Crippen molar-refractivity contribution in [3.05, 3.63) is 18.1 Å². The zero-order valence-electron chi connectivity index (χ0n) is 7.54. The molecule has 0 spiro atoms. The van der Waals surface area contributed by atoms with Crippen LogP contribution in [-0.2, 0) is 0 Å². The third-order valence-electron chi connectivity index (χ3n) is 1.85. The van der Waals surface area contributed by atoms with Crippen LogP contribution >= 0.6 is 0 Å².